The Hall–Kier alpha value is -2.71. The quantitative estimate of drug-likeness (QED) is 0.628. The van der Waals surface area contributed by atoms with E-state index in [0.717, 1.165) is 11.8 Å². The number of benzene rings is 2. The van der Waals surface area contributed by atoms with Crippen LogP contribution in [0.5, 0.6) is 0 Å². The van der Waals surface area contributed by atoms with E-state index >= 15 is 0 Å². The molecule has 0 heterocycles. The van der Waals surface area contributed by atoms with Crippen molar-refractivity contribution in [3.63, 3.8) is 0 Å². The summed E-state index contributed by atoms with van der Waals surface area (Å²) in [6.45, 7) is 5.63. The normalized spacial score (nSPS) is 13.6. The van der Waals surface area contributed by atoms with Gasteiger partial charge in [0.1, 0.15) is 6.10 Å². The molecule has 0 saturated heterocycles. The van der Waals surface area contributed by atoms with E-state index in [1.54, 1.807) is 31.2 Å². The van der Waals surface area contributed by atoms with Gasteiger partial charge in [0.05, 0.1) is 23.1 Å². The first kappa shape index (κ1) is 23.6. The number of carbonyl (C=O) groups is 2. The number of rotatable bonds is 9. The van der Waals surface area contributed by atoms with Crippen molar-refractivity contribution in [3.8, 4) is 0 Å². The van der Waals surface area contributed by atoms with Crippen LogP contribution in [0.2, 0.25) is 0 Å². The van der Waals surface area contributed by atoms with Gasteiger partial charge in [-0.2, -0.15) is 0 Å². The van der Waals surface area contributed by atoms with Crippen LogP contribution in [0.15, 0.2) is 53.4 Å². The van der Waals surface area contributed by atoms with Gasteiger partial charge in [-0.15, -0.1) is 0 Å². The number of nitrogens with one attached hydrogen (secondary N) is 1. The maximum atomic E-state index is 12.8. The third kappa shape index (κ3) is 6.40. The molecule has 0 saturated carbocycles. The van der Waals surface area contributed by atoms with Gasteiger partial charge in [0.2, 0.25) is 5.91 Å². The van der Waals surface area contributed by atoms with Crippen LogP contribution in [-0.2, 0) is 26.0 Å². The van der Waals surface area contributed by atoms with Crippen molar-refractivity contribution in [3.05, 3.63) is 65.2 Å². The van der Waals surface area contributed by atoms with Gasteiger partial charge < -0.3 is 15.2 Å². The monoisotopic (exact) mass is 433 g/mol. The van der Waals surface area contributed by atoms with Crippen LogP contribution in [-0.4, -0.2) is 37.8 Å². The number of carbonyl (C=O) groups excluding carboxylic acids is 1. The molecule has 162 valence electrons. The number of carboxylic acid groups (broad SMARTS) is 1. The first-order valence-electron chi connectivity index (χ1n) is 9.53. The summed E-state index contributed by atoms with van der Waals surface area (Å²) in [5.74, 6) is -1.41. The molecule has 8 heteroatoms. The lowest BCUT2D eigenvalue weighted by Gasteiger charge is -2.24. The number of amides is 1. The van der Waals surface area contributed by atoms with E-state index in [-0.39, 0.29) is 34.9 Å². The average Bonchev–Trinajstić information content (AvgIpc) is 2.67. The van der Waals surface area contributed by atoms with Gasteiger partial charge in [0.15, 0.2) is 9.84 Å². The van der Waals surface area contributed by atoms with Gasteiger partial charge in [-0.3, -0.25) is 4.79 Å². The van der Waals surface area contributed by atoms with Crippen molar-refractivity contribution in [2.24, 2.45) is 5.92 Å². The highest BCUT2D eigenvalue weighted by molar-refractivity contribution is 7.90. The van der Waals surface area contributed by atoms with Gasteiger partial charge >= 0.3 is 5.97 Å². The molecule has 0 bridgehead atoms. The third-order valence-electron chi connectivity index (χ3n) is 4.64. The van der Waals surface area contributed by atoms with E-state index in [1.807, 2.05) is 13.8 Å². The van der Waals surface area contributed by atoms with Crippen molar-refractivity contribution in [2.75, 3.05) is 6.26 Å². The Bertz CT molecular complexity index is 999. The molecule has 0 aromatic heterocycles. The van der Waals surface area contributed by atoms with E-state index in [1.165, 1.54) is 24.3 Å². The molecule has 1 unspecified atom stereocenters. The van der Waals surface area contributed by atoms with Crippen molar-refractivity contribution in [1.29, 1.82) is 0 Å². The summed E-state index contributed by atoms with van der Waals surface area (Å²) in [7, 11) is -3.32. The number of aromatic carboxylic acids is 1. The molecule has 0 aliphatic rings. The minimum atomic E-state index is -3.32. The Morgan fingerprint density at radius 3 is 2.23 bits per heavy atom. The average molecular weight is 434 g/mol. The molecular formula is C22H27NO6S. The van der Waals surface area contributed by atoms with E-state index in [9.17, 15) is 18.0 Å². The first-order chi connectivity index (χ1) is 14.0. The lowest BCUT2D eigenvalue weighted by atomic mass is 10.0. The van der Waals surface area contributed by atoms with Crippen LogP contribution < -0.4 is 5.32 Å². The van der Waals surface area contributed by atoms with Crippen LogP contribution in [0, 0.1) is 5.92 Å². The van der Waals surface area contributed by atoms with Crippen molar-refractivity contribution in [1.82, 2.24) is 5.32 Å². The third-order valence-corrected chi connectivity index (χ3v) is 5.75. The van der Waals surface area contributed by atoms with Crippen LogP contribution in [0.25, 0.3) is 0 Å². The SMILES string of the molecule is CC(C)C(OCc1cccc(S(C)(=O)=O)c1)C(=O)N[C@@H](C)c1ccc(C(=O)O)cc1. The summed E-state index contributed by atoms with van der Waals surface area (Å²) in [5.41, 5.74) is 1.61. The number of hydrogen-bond donors (Lipinski definition) is 2. The number of sulfone groups is 1. The second kappa shape index (κ2) is 9.86. The molecular weight excluding hydrogens is 406 g/mol. The lowest BCUT2D eigenvalue weighted by molar-refractivity contribution is -0.137. The van der Waals surface area contributed by atoms with E-state index in [0.29, 0.717) is 5.56 Å². The molecule has 0 spiro atoms. The number of carboxylic acids is 1. The standard InChI is InChI=1S/C22H27NO6S/c1-14(2)20(29-13-16-6-5-7-19(12-16)30(4,27)28)21(24)23-15(3)17-8-10-18(11-9-17)22(25)26/h5-12,14-15,20H,13H2,1-4H3,(H,23,24)(H,25,26)/t15-,20?/m0/s1. The Morgan fingerprint density at radius 2 is 1.70 bits per heavy atom. The molecule has 2 aromatic carbocycles. The molecule has 30 heavy (non-hydrogen) atoms. The Balaban J connectivity index is 2.05. The largest absolute Gasteiger partial charge is 0.478 e. The zero-order valence-electron chi connectivity index (χ0n) is 17.5. The van der Waals surface area contributed by atoms with E-state index in [4.69, 9.17) is 9.84 Å². The van der Waals surface area contributed by atoms with E-state index < -0.39 is 21.9 Å². The van der Waals surface area contributed by atoms with Gasteiger partial charge in [-0.25, -0.2) is 13.2 Å². The maximum absolute atomic E-state index is 12.8. The molecule has 2 N–H and O–H groups in total. The molecule has 0 fully saturated rings. The highest BCUT2D eigenvalue weighted by Crippen LogP contribution is 2.18. The molecule has 0 aliphatic heterocycles. The van der Waals surface area contributed by atoms with Gasteiger partial charge in [-0.1, -0.05) is 38.1 Å². The van der Waals surface area contributed by atoms with Crippen LogP contribution in [0.3, 0.4) is 0 Å². The van der Waals surface area contributed by atoms with Gasteiger partial charge in [-0.05, 0) is 48.2 Å². The minimum absolute atomic E-state index is 0.0985. The summed E-state index contributed by atoms with van der Waals surface area (Å²) < 4.78 is 29.3. The number of ether oxygens (including phenoxy) is 1. The fourth-order valence-corrected chi connectivity index (χ4v) is 3.61. The summed E-state index contributed by atoms with van der Waals surface area (Å²) in [6.07, 6.45) is 0.412. The maximum Gasteiger partial charge on any atom is 0.335 e. The molecule has 2 rings (SSSR count). The Morgan fingerprint density at radius 1 is 1.07 bits per heavy atom. The second-order valence-corrected chi connectivity index (χ2v) is 9.57. The molecule has 2 atom stereocenters. The van der Waals surface area contributed by atoms with Crippen molar-refractivity contribution >= 4 is 21.7 Å². The summed E-state index contributed by atoms with van der Waals surface area (Å²) in [6, 6.07) is 12.4. The Labute approximate surface area is 177 Å². The highest BCUT2D eigenvalue weighted by atomic mass is 32.2. The summed E-state index contributed by atoms with van der Waals surface area (Å²) in [4.78, 5) is 23.9. The highest BCUT2D eigenvalue weighted by Gasteiger charge is 2.25. The zero-order chi connectivity index (χ0) is 22.5. The van der Waals surface area contributed by atoms with E-state index in [2.05, 4.69) is 5.32 Å². The first-order valence-corrected chi connectivity index (χ1v) is 11.4. The zero-order valence-corrected chi connectivity index (χ0v) is 18.3. The lowest BCUT2D eigenvalue weighted by Crippen LogP contribution is -2.40. The van der Waals surface area contributed by atoms with Crippen molar-refractivity contribution in [2.45, 2.75) is 44.4 Å². The summed E-state index contributed by atoms with van der Waals surface area (Å²) >= 11 is 0. The van der Waals surface area contributed by atoms with Crippen LogP contribution in [0.1, 0.15) is 48.3 Å². The van der Waals surface area contributed by atoms with Crippen molar-refractivity contribution < 1.29 is 27.9 Å². The van der Waals surface area contributed by atoms with Gasteiger partial charge in [0, 0.05) is 6.26 Å². The number of hydrogen-bond acceptors (Lipinski definition) is 5. The second-order valence-electron chi connectivity index (χ2n) is 7.55. The summed E-state index contributed by atoms with van der Waals surface area (Å²) in [5, 5.41) is 11.9. The van der Waals surface area contributed by atoms with Crippen LogP contribution >= 0.6 is 0 Å². The molecule has 2 aromatic rings. The molecule has 0 aliphatic carbocycles. The minimum Gasteiger partial charge on any atom is -0.478 e. The topological polar surface area (TPSA) is 110 Å². The Kier molecular flexibility index (Phi) is 7.75. The predicted octanol–water partition coefficient (Wildman–Crippen LogP) is 3.21. The smallest absolute Gasteiger partial charge is 0.335 e. The molecule has 0 radical (unpaired) electrons. The fourth-order valence-electron chi connectivity index (χ4n) is 2.92. The molecule has 1 amide bonds. The molecule has 7 nitrogen and oxygen atoms in total. The van der Waals surface area contributed by atoms with Crippen LogP contribution in [0.4, 0.5) is 0 Å². The predicted molar refractivity (Wildman–Crippen MR) is 113 cm³/mol. The van der Waals surface area contributed by atoms with Gasteiger partial charge in [0.25, 0.3) is 0 Å². The fraction of sp³-hybridized carbons (Fsp3) is 0.364.